The summed E-state index contributed by atoms with van der Waals surface area (Å²) in [5.41, 5.74) is 3.67. The summed E-state index contributed by atoms with van der Waals surface area (Å²) in [5, 5.41) is 1.88. The molecule has 1 fully saturated rings. The lowest BCUT2D eigenvalue weighted by Gasteiger charge is -2.48. The number of methoxy groups -OCH3 is 2. The Morgan fingerprint density at radius 3 is 2.59 bits per heavy atom. The molecule has 39 heavy (non-hydrogen) atoms. The van der Waals surface area contributed by atoms with Crippen LogP contribution in [0.5, 0.6) is 5.75 Å². The number of fused-ring (bicyclic) bond motifs is 1. The molecule has 2 aromatic heterocycles. The van der Waals surface area contributed by atoms with Gasteiger partial charge < -0.3 is 23.7 Å². The van der Waals surface area contributed by atoms with E-state index in [1.807, 2.05) is 40.6 Å². The average molecular weight is 549 g/mol. The number of para-hydroxylation sites is 2. The number of hydrogen-bond donors (Lipinski definition) is 0. The Morgan fingerprint density at radius 1 is 1.13 bits per heavy atom. The van der Waals surface area contributed by atoms with Crippen molar-refractivity contribution in [3.8, 4) is 5.75 Å². The molecule has 0 N–H and O–H groups in total. The number of aromatic nitrogens is 2. The number of ether oxygens (including phenoxy) is 2. The van der Waals surface area contributed by atoms with Crippen molar-refractivity contribution in [1.29, 1.82) is 0 Å². The lowest BCUT2D eigenvalue weighted by molar-refractivity contribution is -0.154. The van der Waals surface area contributed by atoms with Crippen molar-refractivity contribution in [1.82, 2.24) is 14.9 Å². The fraction of sp³-hybridized carbons (Fsp3) is 0.379. The van der Waals surface area contributed by atoms with Crippen LogP contribution in [0.25, 0.3) is 11.1 Å². The maximum atomic E-state index is 14.2. The van der Waals surface area contributed by atoms with Gasteiger partial charge in [-0.05, 0) is 35.2 Å². The van der Waals surface area contributed by atoms with Crippen LogP contribution >= 0.6 is 11.3 Å². The van der Waals surface area contributed by atoms with Gasteiger partial charge in [0.05, 0.1) is 32.0 Å². The van der Waals surface area contributed by atoms with Gasteiger partial charge in [0.15, 0.2) is 11.1 Å². The first kappa shape index (κ1) is 26.7. The molecule has 9 nitrogen and oxygen atoms in total. The smallest absolute Gasteiger partial charge is 0.334 e. The molecule has 0 saturated carbocycles. The highest BCUT2D eigenvalue weighted by Crippen LogP contribution is 2.36. The number of oxazole rings is 1. The first-order chi connectivity index (χ1) is 18.7. The quantitative estimate of drug-likeness (QED) is 0.320. The first-order valence-electron chi connectivity index (χ1n) is 12.7. The summed E-state index contributed by atoms with van der Waals surface area (Å²) in [7, 11) is 2.94. The zero-order valence-electron chi connectivity index (χ0n) is 22.8. The molecule has 0 bridgehead atoms. The summed E-state index contributed by atoms with van der Waals surface area (Å²) in [6, 6.07) is 13.4. The van der Waals surface area contributed by atoms with Crippen LogP contribution in [0, 0.1) is 0 Å². The fourth-order valence-corrected chi connectivity index (χ4v) is 5.74. The van der Waals surface area contributed by atoms with E-state index in [-0.39, 0.29) is 30.8 Å². The summed E-state index contributed by atoms with van der Waals surface area (Å²) >= 11 is 1.43. The topological polar surface area (TPSA) is 98.0 Å². The molecule has 1 amide bonds. The third-order valence-corrected chi connectivity index (χ3v) is 7.78. The van der Waals surface area contributed by atoms with Crippen molar-refractivity contribution >= 4 is 40.3 Å². The largest absolute Gasteiger partial charge is 0.496 e. The van der Waals surface area contributed by atoms with Gasteiger partial charge in [0.2, 0.25) is 0 Å². The molecule has 1 aliphatic heterocycles. The maximum Gasteiger partial charge on any atom is 0.334 e. The Morgan fingerprint density at radius 2 is 1.92 bits per heavy atom. The van der Waals surface area contributed by atoms with Crippen molar-refractivity contribution in [3.63, 3.8) is 0 Å². The minimum absolute atomic E-state index is 0.132. The minimum atomic E-state index is -1.37. The standard InChI is InChI=1S/C29H32N4O5S/c1-28(2,3)21-11-10-19(14-24(21)36-4)25(34)33-13-12-32(27-31-22-8-6-7-9-23(22)38-27)17-29(33,26(35)37-5)15-20-16-39-18-30-20/h6-11,14,16,18H,12-13,15,17H2,1-5H3. The van der Waals surface area contributed by atoms with Crippen molar-refractivity contribution < 1.29 is 23.5 Å². The molecule has 1 atom stereocenters. The number of thiazole rings is 1. The molecule has 10 heteroatoms. The predicted octanol–water partition coefficient (Wildman–Crippen LogP) is 4.71. The average Bonchev–Trinajstić information content (AvgIpc) is 3.61. The zero-order chi connectivity index (χ0) is 27.8. The van der Waals surface area contributed by atoms with E-state index in [9.17, 15) is 9.59 Å². The van der Waals surface area contributed by atoms with Crippen molar-refractivity contribution in [2.24, 2.45) is 0 Å². The van der Waals surface area contributed by atoms with Crippen LogP contribution in [-0.2, 0) is 21.4 Å². The highest BCUT2D eigenvalue weighted by molar-refractivity contribution is 7.07. The van der Waals surface area contributed by atoms with Crippen molar-refractivity contribution in [2.75, 3.05) is 38.8 Å². The van der Waals surface area contributed by atoms with E-state index in [0.29, 0.717) is 35.1 Å². The van der Waals surface area contributed by atoms with Crippen LogP contribution in [0.2, 0.25) is 0 Å². The van der Waals surface area contributed by atoms with Gasteiger partial charge in [-0.2, -0.15) is 4.98 Å². The SMILES string of the molecule is COC(=O)C1(Cc2cscn2)CN(c2nc3ccccc3o2)CCN1C(=O)c1ccc(C(C)(C)C)c(OC)c1. The lowest BCUT2D eigenvalue weighted by Crippen LogP contribution is -2.69. The number of rotatable bonds is 6. The Kier molecular flexibility index (Phi) is 7.07. The van der Waals surface area contributed by atoms with Gasteiger partial charge in [-0.15, -0.1) is 11.3 Å². The maximum absolute atomic E-state index is 14.2. The van der Waals surface area contributed by atoms with E-state index in [1.54, 1.807) is 29.7 Å². The summed E-state index contributed by atoms with van der Waals surface area (Å²) in [5.74, 6) is -0.184. The van der Waals surface area contributed by atoms with E-state index in [2.05, 4.69) is 30.7 Å². The predicted molar refractivity (Wildman–Crippen MR) is 150 cm³/mol. The zero-order valence-corrected chi connectivity index (χ0v) is 23.6. The molecule has 1 saturated heterocycles. The number of anilines is 1. The van der Waals surface area contributed by atoms with Crippen LogP contribution in [0.4, 0.5) is 6.01 Å². The third kappa shape index (κ3) is 4.96. The molecule has 3 heterocycles. The number of carbonyl (C=O) groups is 2. The summed E-state index contributed by atoms with van der Waals surface area (Å²) in [4.78, 5) is 40.4. The summed E-state index contributed by atoms with van der Waals surface area (Å²) in [6.07, 6.45) is 0.183. The molecule has 1 aliphatic rings. The van der Waals surface area contributed by atoms with E-state index >= 15 is 0 Å². The van der Waals surface area contributed by atoms with Gasteiger partial charge >= 0.3 is 5.97 Å². The minimum Gasteiger partial charge on any atom is -0.496 e. The van der Waals surface area contributed by atoms with Crippen LogP contribution in [0.1, 0.15) is 42.4 Å². The Balaban J connectivity index is 1.57. The van der Waals surface area contributed by atoms with Crippen molar-refractivity contribution in [2.45, 2.75) is 38.1 Å². The molecular formula is C29H32N4O5S. The van der Waals surface area contributed by atoms with Crippen LogP contribution in [-0.4, -0.2) is 66.1 Å². The summed E-state index contributed by atoms with van der Waals surface area (Å²) < 4.78 is 17.0. The number of esters is 1. The first-order valence-corrected chi connectivity index (χ1v) is 13.7. The molecule has 5 rings (SSSR count). The van der Waals surface area contributed by atoms with E-state index in [1.165, 1.54) is 18.4 Å². The Hall–Kier alpha value is -3.92. The van der Waals surface area contributed by atoms with Crippen LogP contribution in [0.3, 0.4) is 0 Å². The van der Waals surface area contributed by atoms with Crippen LogP contribution in [0.15, 0.2) is 57.8 Å². The number of piperazine rings is 1. The third-order valence-electron chi connectivity index (χ3n) is 7.14. The monoisotopic (exact) mass is 548 g/mol. The second-order valence-corrected chi connectivity index (χ2v) is 11.4. The number of nitrogens with zero attached hydrogens (tertiary/aromatic N) is 4. The highest BCUT2D eigenvalue weighted by Gasteiger charge is 2.52. The molecule has 204 valence electrons. The molecule has 1 unspecified atom stereocenters. The number of amides is 1. The van der Waals surface area contributed by atoms with Gasteiger partial charge in [0, 0.05) is 30.5 Å². The Labute approximate surface area is 231 Å². The number of benzene rings is 2. The van der Waals surface area contributed by atoms with E-state index < -0.39 is 11.5 Å². The van der Waals surface area contributed by atoms with Gasteiger partial charge in [-0.1, -0.05) is 39.0 Å². The molecule has 0 spiro atoms. The number of carbonyl (C=O) groups excluding carboxylic acids is 2. The second kappa shape index (κ2) is 10.3. The van der Waals surface area contributed by atoms with Gasteiger partial charge in [0.1, 0.15) is 11.3 Å². The Bertz CT molecular complexity index is 1460. The van der Waals surface area contributed by atoms with Gasteiger partial charge in [0.25, 0.3) is 11.9 Å². The molecule has 2 aromatic carbocycles. The molecular weight excluding hydrogens is 516 g/mol. The second-order valence-electron chi connectivity index (χ2n) is 10.7. The summed E-state index contributed by atoms with van der Waals surface area (Å²) in [6.45, 7) is 7.08. The molecule has 0 radical (unpaired) electrons. The van der Waals surface area contributed by atoms with E-state index in [0.717, 1.165) is 11.1 Å². The molecule has 0 aliphatic carbocycles. The number of hydrogen-bond acceptors (Lipinski definition) is 9. The van der Waals surface area contributed by atoms with E-state index in [4.69, 9.17) is 13.9 Å². The molecule has 4 aromatic rings. The van der Waals surface area contributed by atoms with Crippen LogP contribution < -0.4 is 9.64 Å². The normalized spacial score (nSPS) is 17.9. The van der Waals surface area contributed by atoms with Gasteiger partial charge in [-0.3, -0.25) is 4.79 Å². The fourth-order valence-electron chi connectivity index (χ4n) is 5.18. The lowest BCUT2D eigenvalue weighted by atomic mass is 9.85. The van der Waals surface area contributed by atoms with Crippen molar-refractivity contribution in [3.05, 3.63) is 70.2 Å². The highest BCUT2D eigenvalue weighted by atomic mass is 32.1. The van der Waals surface area contributed by atoms with Gasteiger partial charge in [-0.25, -0.2) is 9.78 Å².